The van der Waals surface area contributed by atoms with Crippen molar-refractivity contribution in [2.45, 2.75) is 222 Å². The molecule has 3 aliphatic rings. The quantitative estimate of drug-likeness (QED) is 0.0990. The van der Waals surface area contributed by atoms with Gasteiger partial charge in [0.05, 0.1) is 85.6 Å². The van der Waals surface area contributed by atoms with Gasteiger partial charge in [0.25, 0.3) is 0 Å². The number of urea groups is 1. The first-order valence-electron chi connectivity index (χ1n) is 26.3. The summed E-state index contributed by atoms with van der Waals surface area (Å²) in [5.74, 6) is -3.68. The fourth-order valence-electron chi connectivity index (χ4n) is 8.66. The largest absolute Gasteiger partial charge is 0.462 e. The Balaban J connectivity index is 0.00000327. The number of cyclic esters (lactones) is 1. The molecule has 0 saturated carbocycles. The Morgan fingerprint density at radius 3 is 1.89 bits per heavy atom. The molecule has 3 aliphatic heterocycles. The molecule has 0 aromatic rings. The number of nitrogens with two attached hydrogens (primary N) is 1. The van der Waals surface area contributed by atoms with Crippen molar-refractivity contribution in [2.24, 2.45) is 17.6 Å². The molecule has 0 aromatic heterocycles. The number of fused-ring (bicyclic) bond motifs is 2. The van der Waals surface area contributed by atoms with Crippen LogP contribution in [0.5, 0.6) is 0 Å². The van der Waals surface area contributed by atoms with Crippen LogP contribution in [0, 0.1) is 42.9 Å². The second-order valence-electron chi connectivity index (χ2n) is 19.9. The number of aliphatic hydroxyl groups excluding tert-OH is 9. The molecular weight excluding hydrogens is 1200 g/mol. The Kier molecular flexibility index (Phi) is 35.8. The van der Waals surface area contributed by atoms with Crippen LogP contribution in [0.1, 0.15) is 105 Å². The van der Waals surface area contributed by atoms with Gasteiger partial charge in [-0.3, -0.25) is 4.79 Å². The first kappa shape index (κ1) is 70.5. The molecule has 0 aromatic carbocycles. The van der Waals surface area contributed by atoms with E-state index in [1.54, 1.807) is 69.4 Å². The van der Waals surface area contributed by atoms with Gasteiger partial charge < -0.3 is 86.4 Å². The number of unbranched alkanes of at least 4 members (excludes halogenated alkanes) is 2. The molecule has 6 unspecified atom stereocenters. The minimum absolute atomic E-state index is 0. The number of ether oxygens (including phenoxy) is 4. The predicted octanol–water partition coefficient (Wildman–Crippen LogP) is 2.66. The van der Waals surface area contributed by atoms with Gasteiger partial charge in [-0.2, -0.15) is 0 Å². The molecule has 75 heavy (non-hydrogen) atoms. The first-order chi connectivity index (χ1) is 35.1. The molecule has 21 heteroatoms. The number of allylic oxidation sites excluding steroid dienone is 12. The van der Waals surface area contributed by atoms with Crippen molar-refractivity contribution in [2.75, 3.05) is 7.05 Å². The van der Waals surface area contributed by atoms with Gasteiger partial charge in [-0.15, -0.1) is 0 Å². The van der Waals surface area contributed by atoms with Crippen molar-refractivity contribution >= 4 is 19.3 Å². The van der Waals surface area contributed by atoms with Gasteiger partial charge in [0.2, 0.25) is 0 Å². The third-order valence-electron chi connectivity index (χ3n) is 13.4. The van der Waals surface area contributed by atoms with E-state index in [4.69, 9.17) is 24.7 Å². The molecule has 3 rings (SSSR count). The monoisotopic (exact) mass is 1290 g/mol. The maximum absolute atomic E-state index is 12.6. The summed E-state index contributed by atoms with van der Waals surface area (Å²) in [5, 5.41) is 114. The van der Waals surface area contributed by atoms with E-state index in [2.05, 4.69) is 31.7 Å². The molecule has 0 aliphatic carbocycles. The Labute approximate surface area is 469 Å². The van der Waals surface area contributed by atoms with Crippen molar-refractivity contribution in [1.29, 1.82) is 0 Å². The maximum atomic E-state index is 12.6. The van der Waals surface area contributed by atoms with Crippen LogP contribution in [-0.2, 0) is 23.7 Å². The summed E-state index contributed by atoms with van der Waals surface area (Å²) in [5.41, 5.74) is 6.07. The van der Waals surface area contributed by atoms with Crippen LogP contribution in [0.15, 0.2) is 85.1 Å². The molecule has 2 fully saturated rings. The average Bonchev–Trinajstić information content (AvgIpc) is 3.34. The fraction of sp³-hybridized carbons (Fsp3) is 0.704. The van der Waals surface area contributed by atoms with Gasteiger partial charge in [-0.1, -0.05) is 138 Å². The summed E-state index contributed by atoms with van der Waals surface area (Å²) in [4.78, 5) is 25.2. The number of aliphatic hydroxyl groups is 10. The van der Waals surface area contributed by atoms with E-state index in [0.717, 1.165) is 0 Å². The van der Waals surface area contributed by atoms with Gasteiger partial charge in [-0.05, 0) is 33.1 Å². The van der Waals surface area contributed by atoms with Crippen molar-refractivity contribution in [1.82, 2.24) is 10.6 Å². The Hall–Kier alpha value is -2.52. The number of nitrogens with one attached hydrogen (secondary N) is 2. The molecule has 2 amide bonds. The van der Waals surface area contributed by atoms with Crippen LogP contribution in [0.2, 0.25) is 13.1 Å². The zero-order valence-electron chi connectivity index (χ0n) is 45.0. The van der Waals surface area contributed by atoms with Gasteiger partial charge in [0.1, 0.15) is 19.5 Å². The maximum Gasteiger partial charge on any atom is 0.314 e. The van der Waals surface area contributed by atoms with Gasteiger partial charge in [0, 0.05) is 75.7 Å². The third kappa shape index (κ3) is 27.3. The van der Waals surface area contributed by atoms with Crippen molar-refractivity contribution in [3.63, 3.8) is 0 Å². The molecule has 425 valence electrons. The molecule has 2 bridgehead atoms. The van der Waals surface area contributed by atoms with Crippen LogP contribution < -0.4 is 16.4 Å². The summed E-state index contributed by atoms with van der Waals surface area (Å²) in [6.45, 7) is 11.1. The van der Waals surface area contributed by atoms with Gasteiger partial charge in [0.15, 0.2) is 12.1 Å². The summed E-state index contributed by atoms with van der Waals surface area (Å²) < 4.78 is 23.6. The van der Waals surface area contributed by atoms with Crippen molar-refractivity contribution < 1.29 is 111 Å². The van der Waals surface area contributed by atoms with Crippen molar-refractivity contribution in [3.8, 4) is 0 Å². The Morgan fingerprint density at radius 1 is 0.733 bits per heavy atom. The van der Waals surface area contributed by atoms with E-state index < -0.39 is 147 Å². The van der Waals surface area contributed by atoms with Crippen LogP contribution in [-0.4, -0.2) is 181 Å². The standard InChI is InChI=1S/C48H77N3O16.C6H14B.U/c1-28-18-16-14-12-10-8-6-7-9-11-13-15-17-19-35(66-46-45(61)41(49)44(60)31(4)65-46)25-39-42(51-47(62)50-5)38(57)27-48(63,67-39)26-34(54)23-37(56)36(55)21-20-32(52)22-33(53)24-40(58)64-30(3)29(2)43(28)59;1-3-4-5-6-7-2;/h6-19,28-39,41-46,52-57,59-61,63H,20-27,49H2,1-5H3,(H2,50,51,62);3-6H2,1-2H3;/b7-6+,10-8+,11-9+,14-12+,15-13+,18-16+,19-17+;;/t28-,29-,30-,31?,32+,33+,34-,35-,36+,37+,38-,39?,41?,42+,43+,44?,45?,46?,48+;;/m0../s1. The normalized spacial score (nSPS) is 40.5. The molecule has 2 saturated heterocycles. The predicted molar refractivity (Wildman–Crippen MR) is 283 cm³/mol. The SMILES string of the molecule is CNC(=O)N[C@H]1C2C[C@@H](OC3OC(C)C(O)C(N)C3O)/C=C/C=C/C=C/C=C/C=C/C=C/C=C/[C@H](C)[C@@H](O)[C@@H](C)[C@H](C)OC(=O)C[C@H](O)C[C@H](O)CC[C@@H](O)[C@H](O)C[C@H](O)C[C@](O)(C[C@@H]1O)O2.C[B]CCCCC.[U]. The molecule has 3 heterocycles. The van der Waals surface area contributed by atoms with Gasteiger partial charge in [-0.25, -0.2) is 4.79 Å². The Morgan fingerprint density at radius 2 is 1.32 bits per heavy atom. The van der Waals surface area contributed by atoms with E-state index in [1.807, 2.05) is 43.4 Å². The zero-order chi connectivity index (χ0) is 55.4. The first-order valence-corrected chi connectivity index (χ1v) is 26.3. The average molecular weight is 1290 g/mol. The van der Waals surface area contributed by atoms with E-state index in [0.29, 0.717) is 0 Å². The third-order valence-corrected chi connectivity index (χ3v) is 13.4. The minimum Gasteiger partial charge on any atom is -0.462 e. The summed E-state index contributed by atoms with van der Waals surface area (Å²) in [6.07, 6.45) is 10.6. The molecule has 19 atom stereocenters. The Bertz CT molecular complexity index is 1810. The summed E-state index contributed by atoms with van der Waals surface area (Å²) in [7, 11) is 3.60. The smallest absolute Gasteiger partial charge is 0.314 e. The van der Waals surface area contributed by atoms with Gasteiger partial charge >= 0.3 is 12.0 Å². The molecule has 19 nitrogen and oxygen atoms in total. The topological polar surface area (TPSA) is 323 Å². The number of hydrogen-bond donors (Lipinski definition) is 13. The molecule has 0 spiro atoms. The van der Waals surface area contributed by atoms with Crippen LogP contribution in [0.3, 0.4) is 0 Å². The van der Waals surface area contributed by atoms with E-state index >= 15 is 0 Å². The van der Waals surface area contributed by atoms with E-state index in [1.165, 1.54) is 32.6 Å². The summed E-state index contributed by atoms with van der Waals surface area (Å²) in [6, 6.07) is -2.93. The second-order valence-corrected chi connectivity index (χ2v) is 19.9. The summed E-state index contributed by atoms with van der Waals surface area (Å²) >= 11 is 0. The van der Waals surface area contributed by atoms with E-state index in [-0.39, 0.29) is 62.7 Å². The second kappa shape index (κ2) is 38.1. The van der Waals surface area contributed by atoms with Crippen LogP contribution >= 0.6 is 0 Å². The number of rotatable bonds is 7. The van der Waals surface area contributed by atoms with Crippen LogP contribution in [0.25, 0.3) is 0 Å². The molecule has 14 N–H and O–H groups in total. The number of carbonyl (C=O) groups is 2. The zero-order valence-corrected chi connectivity index (χ0v) is 49.2. The fourth-order valence-corrected chi connectivity index (χ4v) is 8.66. The van der Waals surface area contributed by atoms with E-state index in [9.17, 15) is 60.7 Å². The van der Waals surface area contributed by atoms with Crippen molar-refractivity contribution in [3.05, 3.63) is 85.1 Å². The molecule has 1 radical (unpaired) electrons. The minimum atomic E-state index is -2.23. The number of amides is 2. The van der Waals surface area contributed by atoms with Crippen LogP contribution in [0.4, 0.5) is 4.79 Å². The number of esters is 1. The molecular formula is C54H91BN3O16U. The number of hydrogen-bond acceptors (Lipinski definition) is 17. The number of carbonyl (C=O) groups excluding carboxylic acids is 2.